The van der Waals surface area contributed by atoms with Gasteiger partial charge in [-0.1, -0.05) is 0 Å². The van der Waals surface area contributed by atoms with E-state index in [-0.39, 0.29) is 17.9 Å². The number of hydrogen-bond acceptors (Lipinski definition) is 4. The van der Waals surface area contributed by atoms with Gasteiger partial charge in [-0.15, -0.1) is 5.10 Å². The normalized spacial score (nSPS) is 11.3. The van der Waals surface area contributed by atoms with Gasteiger partial charge in [-0.3, -0.25) is 4.57 Å². The van der Waals surface area contributed by atoms with Gasteiger partial charge in [0.05, 0.1) is 12.7 Å². The lowest BCUT2D eigenvalue weighted by Crippen LogP contribution is -2.26. The first-order chi connectivity index (χ1) is 10.7. The molecule has 1 heterocycles. The van der Waals surface area contributed by atoms with Crippen molar-refractivity contribution in [2.45, 2.75) is 19.6 Å². The second-order valence-corrected chi connectivity index (χ2v) is 4.38. The van der Waals surface area contributed by atoms with Crippen LogP contribution in [0.3, 0.4) is 0 Å². The zero-order valence-electron chi connectivity index (χ0n) is 12.0. The first kappa shape index (κ1) is 16.5. The third-order valence-electron chi connectivity index (χ3n) is 3.05. The molecule has 0 aliphatic heterocycles. The molecule has 0 aliphatic rings. The fraction of sp³-hybridized carbons (Fsp3) is 0.308. The molecule has 0 aliphatic carbocycles. The number of alkyl halides is 3. The highest BCUT2D eigenvalue weighted by Crippen LogP contribution is 2.28. The molecule has 0 N–H and O–H groups in total. The smallest absolute Gasteiger partial charge is 0.451 e. The van der Waals surface area contributed by atoms with Crippen molar-refractivity contribution in [3.05, 3.63) is 39.8 Å². The van der Waals surface area contributed by atoms with Crippen molar-refractivity contribution in [1.29, 1.82) is 5.26 Å². The Labute approximate surface area is 127 Å². The Hall–Kier alpha value is -2.83. The number of nitriles is 1. The summed E-state index contributed by atoms with van der Waals surface area (Å²) in [4.78, 5) is 12.1. The topological polar surface area (TPSA) is 72.8 Å². The lowest BCUT2D eigenvalue weighted by atomic mass is 10.2. The molecule has 0 spiro atoms. The fourth-order valence-corrected chi connectivity index (χ4v) is 2.01. The molecule has 0 radical (unpaired) electrons. The first-order valence-electron chi connectivity index (χ1n) is 6.29. The molecule has 0 fully saturated rings. The van der Waals surface area contributed by atoms with E-state index in [1.54, 1.807) is 6.07 Å². The summed E-state index contributed by atoms with van der Waals surface area (Å²) >= 11 is 0. The minimum Gasteiger partial charge on any atom is -0.495 e. The highest BCUT2D eigenvalue weighted by Gasteiger charge is 2.39. The Morgan fingerprint density at radius 1 is 1.39 bits per heavy atom. The van der Waals surface area contributed by atoms with Gasteiger partial charge in [0.25, 0.3) is 0 Å². The van der Waals surface area contributed by atoms with Crippen molar-refractivity contribution >= 4 is 0 Å². The van der Waals surface area contributed by atoms with Gasteiger partial charge in [0.2, 0.25) is 5.82 Å². The lowest BCUT2D eigenvalue weighted by molar-refractivity contribution is -0.147. The zero-order valence-corrected chi connectivity index (χ0v) is 12.0. The molecule has 1 aromatic heterocycles. The van der Waals surface area contributed by atoms with Crippen molar-refractivity contribution in [1.82, 2.24) is 14.3 Å². The summed E-state index contributed by atoms with van der Waals surface area (Å²) in [6.07, 6.45) is -4.87. The molecular weight excluding hydrogens is 320 g/mol. The minimum absolute atomic E-state index is 0.0876. The molecule has 0 saturated carbocycles. The average Bonchev–Trinajstić information content (AvgIpc) is 2.83. The molecule has 0 saturated heterocycles. The van der Waals surface area contributed by atoms with Crippen molar-refractivity contribution in [3.8, 4) is 17.5 Å². The highest BCUT2D eigenvalue weighted by atomic mass is 19.4. The SMILES string of the molecule is CCn1c(C(F)(F)F)nn(-c2cc(OC)c(C#N)cc2F)c1=O. The van der Waals surface area contributed by atoms with Crippen LogP contribution in [0, 0.1) is 17.1 Å². The van der Waals surface area contributed by atoms with Crippen molar-refractivity contribution < 1.29 is 22.3 Å². The molecule has 6 nitrogen and oxygen atoms in total. The minimum atomic E-state index is -4.87. The van der Waals surface area contributed by atoms with E-state index in [1.165, 1.54) is 14.0 Å². The van der Waals surface area contributed by atoms with Crippen LogP contribution in [0.15, 0.2) is 16.9 Å². The van der Waals surface area contributed by atoms with E-state index >= 15 is 0 Å². The Bertz CT molecular complexity index is 845. The fourth-order valence-electron chi connectivity index (χ4n) is 2.01. The highest BCUT2D eigenvalue weighted by molar-refractivity contribution is 5.50. The quantitative estimate of drug-likeness (QED) is 0.808. The van der Waals surface area contributed by atoms with E-state index in [1.807, 2.05) is 0 Å². The Balaban J connectivity index is 2.76. The summed E-state index contributed by atoms with van der Waals surface area (Å²) in [6.45, 7) is 1.04. The van der Waals surface area contributed by atoms with Crippen molar-refractivity contribution in [2.75, 3.05) is 7.11 Å². The average molecular weight is 330 g/mol. The van der Waals surface area contributed by atoms with Gasteiger partial charge in [0, 0.05) is 12.6 Å². The summed E-state index contributed by atoms with van der Waals surface area (Å²) in [6, 6.07) is 3.38. The van der Waals surface area contributed by atoms with E-state index < -0.39 is 29.2 Å². The van der Waals surface area contributed by atoms with Crippen LogP contribution in [0.4, 0.5) is 17.6 Å². The van der Waals surface area contributed by atoms with Crippen LogP contribution in [0.25, 0.3) is 5.69 Å². The van der Waals surface area contributed by atoms with Crippen LogP contribution >= 0.6 is 0 Å². The van der Waals surface area contributed by atoms with Gasteiger partial charge >= 0.3 is 11.9 Å². The summed E-state index contributed by atoms with van der Waals surface area (Å²) in [7, 11) is 1.20. The van der Waals surface area contributed by atoms with Crippen molar-refractivity contribution in [2.24, 2.45) is 0 Å². The van der Waals surface area contributed by atoms with Gasteiger partial charge in [-0.05, 0) is 13.0 Å². The molecule has 0 unspecified atom stereocenters. The van der Waals surface area contributed by atoms with E-state index in [9.17, 15) is 22.4 Å². The number of rotatable bonds is 3. The summed E-state index contributed by atoms with van der Waals surface area (Å²) in [5.74, 6) is -2.60. The summed E-state index contributed by atoms with van der Waals surface area (Å²) in [5, 5.41) is 12.0. The molecule has 0 bridgehead atoms. The Morgan fingerprint density at radius 3 is 2.48 bits per heavy atom. The summed E-state index contributed by atoms with van der Waals surface area (Å²) < 4.78 is 58.3. The van der Waals surface area contributed by atoms with E-state index in [4.69, 9.17) is 10.00 Å². The van der Waals surface area contributed by atoms with E-state index in [2.05, 4.69) is 5.10 Å². The maximum Gasteiger partial charge on any atom is 0.451 e. The van der Waals surface area contributed by atoms with Crippen LogP contribution in [-0.4, -0.2) is 21.5 Å². The molecule has 10 heteroatoms. The lowest BCUT2D eigenvalue weighted by Gasteiger charge is -2.07. The van der Waals surface area contributed by atoms with Crippen LogP contribution < -0.4 is 10.4 Å². The number of aromatic nitrogens is 3. The van der Waals surface area contributed by atoms with Gasteiger partial charge < -0.3 is 4.74 Å². The Morgan fingerprint density at radius 2 is 2.04 bits per heavy atom. The van der Waals surface area contributed by atoms with Crippen LogP contribution in [0.2, 0.25) is 0 Å². The van der Waals surface area contributed by atoms with Gasteiger partial charge in [0.15, 0.2) is 5.82 Å². The number of hydrogen-bond donors (Lipinski definition) is 0. The second kappa shape index (κ2) is 5.75. The number of nitrogens with zero attached hydrogens (tertiary/aromatic N) is 4. The van der Waals surface area contributed by atoms with Crippen molar-refractivity contribution in [3.63, 3.8) is 0 Å². The maximum absolute atomic E-state index is 14.1. The number of benzene rings is 1. The molecular formula is C13H10F4N4O2. The second-order valence-electron chi connectivity index (χ2n) is 4.38. The van der Waals surface area contributed by atoms with Crippen LogP contribution in [0.5, 0.6) is 5.75 Å². The molecule has 122 valence electrons. The number of ether oxygens (including phenoxy) is 1. The predicted molar refractivity (Wildman–Crippen MR) is 69.7 cm³/mol. The van der Waals surface area contributed by atoms with Gasteiger partial charge in [0.1, 0.15) is 17.5 Å². The molecule has 0 atom stereocenters. The largest absolute Gasteiger partial charge is 0.495 e. The molecule has 2 aromatic rings. The van der Waals surface area contributed by atoms with E-state index in [0.717, 1.165) is 12.1 Å². The molecule has 0 amide bonds. The first-order valence-corrected chi connectivity index (χ1v) is 6.29. The Kier molecular flexibility index (Phi) is 4.14. The van der Waals surface area contributed by atoms with Crippen LogP contribution in [-0.2, 0) is 12.7 Å². The van der Waals surface area contributed by atoms with Gasteiger partial charge in [-0.25, -0.2) is 9.18 Å². The molecule has 23 heavy (non-hydrogen) atoms. The van der Waals surface area contributed by atoms with E-state index in [0.29, 0.717) is 9.25 Å². The third kappa shape index (κ3) is 2.77. The predicted octanol–water partition coefficient (Wildman–Crippen LogP) is 2.09. The zero-order chi connectivity index (χ0) is 17.4. The summed E-state index contributed by atoms with van der Waals surface area (Å²) in [5.41, 5.74) is -1.85. The van der Waals surface area contributed by atoms with Crippen LogP contribution in [0.1, 0.15) is 18.3 Å². The maximum atomic E-state index is 14.1. The standard InChI is InChI=1S/C13H10F4N4O2/c1-3-20-11(13(15,16)17)19-21(12(20)22)9-5-10(23-2)7(6-18)4-8(9)14/h4-5H,3H2,1-2H3. The third-order valence-corrected chi connectivity index (χ3v) is 3.05. The molecule has 2 rings (SSSR count). The number of methoxy groups -OCH3 is 1. The molecule has 1 aromatic carbocycles. The van der Waals surface area contributed by atoms with Gasteiger partial charge in [-0.2, -0.15) is 23.1 Å². The number of halogens is 4. The monoisotopic (exact) mass is 330 g/mol.